The second-order valence-electron chi connectivity index (χ2n) is 3.69. The fourth-order valence-electron chi connectivity index (χ4n) is 2.07. The molecule has 1 atom stereocenters. The van der Waals surface area contributed by atoms with Crippen molar-refractivity contribution in [2.24, 2.45) is 10.8 Å². The molecule has 14 heavy (non-hydrogen) atoms. The normalized spacial score (nSPS) is 23.8. The van der Waals surface area contributed by atoms with Crippen molar-refractivity contribution in [2.45, 2.75) is 45.6 Å². The Kier molecular flexibility index (Phi) is 4.73. The van der Waals surface area contributed by atoms with Gasteiger partial charge in [-0.25, -0.2) is 5.84 Å². The van der Waals surface area contributed by atoms with Crippen molar-refractivity contribution in [3.63, 3.8) is 0 Å². The van der Waals surface area contributed by atoms with Crippen LogP contribution < -0.4 is 11.3 Å². The van der Waals surface area contributed by atoms with Gasteiger partial charge >= 0.3 is 0 Å². The third kappa shape index (κ3) is 2.61. The Bertz CT molecular complexity index is 191. The van der Waals surface area contributed by atoms with Crippen molar-refractivity contribution in [1.82, 2.24) is 10.3 Å². The molecular weight excluding hydrogens is 176 g/mol. The number of nitrogens with zero attached hydrogens (tertiary/aromatic N) is 2. The van der Waals surface area contributed by atoms with E-state index >= 15 is 0 Å². The molecule has 0 spiro atoms. The van der Waals surface area contributed by atoms with Gasteiger partial charge in [-0.15, -0.1) is 0 Å². The van der Waals surface area contributed by atoms with Crippen LogP contribution >= 0.6 is 0 Å². The average molecular weight is 198 g/mol. The van der Waals surface area contributed by atoms with Crippen LogP contribution in [0.4, 0.5) is 0 Å². The maximum atomic E-state index is 5.48. The lowest BCUT2D eigenvalue weighted by Gasteiger charge is -2.37. The van der Waals surface area contributed by atoms with Crippen molar-refractivity contribution < 1.29 is 0 Å². The molecule has 82 valence electrons. The number of nitrogens with two attached hydrogens (primary N) is 1. The molecule has 0 aromatic carbocycles. The van der Waals surface area contributed by atoms with Gasteiger partial charge in [0.1, 0.15) is 0 Å². The van der Waals surface area contributed by atoms with E-state index in [0.29, 0.717) is 6.04 Å². The summed E-state index contributed by atoms with van der Waals surface area (Å²) in [5.41, 5.74) is 2.71. The van der Waals surface area contributed by atoms with E-state index in [4.69, 9.17) is 5.84 Å². The van der Waals surface area contributed by atoms with Crippen molar-refractivity contribution in [1.29, 1.82) is 0 Å². The molecule has 1 aliphatic rings. The molecule has 1 saturated heterocycles. The molecule has 0 aliphatic carbocycles. The zero-order chi connectivity index (χ0) is 10.4. The summed E-state index contributed by atoms with van der Waals surface area (Å²) < 4.78 is 0. The van der Waals surface area contributed by atoms with E-state index in [1.54, 1.807) is 0 Å². The minimum absolute atomic E-state index is 0.616. The molecule has 1 rings (SSSR count). The Hall–Kier alpha value is -0.770. The first kappa shape index (κ1) is 11.3. The number of nitrogens with one attached hydrogen (secondary N) is 1. The van der Waals surface area contributed by atoms with Gasteiger partial charge in [0.15, 0.2) is 0 Å². The number of piperidine rings is 1. The molecular formula is C10H22N4. The molecule has 4 nitrogen and oxygen atoms in total. The van der Waals surface area contributed by atoms with Gasteiger partial charge in [-0.1, -0.05) is 6.92 Å². The van der Waals surface area contributed by atoms with Crippen LogP contribution in [0.5, 0.6) is 0 Å². The van der Waals surface area contributed by atoms with E-state index < -0.39 is 0 Å². The summed E-state index contributed by atoms with van der Waals surface area (Å²) in [4.78, 5) is 6.68. The SMILES string of the molecule is CCN=C(NN)N1CCCCC1CC. The molecule has 1 fully saturated rings. The summed E-state index contributed by atoms with van der Waals surface area (Å²) in [6.45, 7) is 6.12. The van der Waals surface area contributed by atoms with Gasteiger partial charge in [0.2, 0.25) is 5.96 Å². The Labute approximate surface area is 86.5 Å². The van der Waals surface area contributed by atoms with Crippen molar-refractivity contribution >= 4 is 5.96 Å². The Balaban J connectivity index is 2.65. The van der Waals surface area contributed by atoms with E-state index in [1.807, 2.05) is 6.92 Å². The monoisotopic (exact) mass is 198 g/mol. The van der Waals surface area contributed by atoms with Crippen LogP contribution in [0.3, 0.4) is 0 Å². The van der Waals surface area contributed by atoms with Crippen LogP contribution in [0.15, 0.2) is 4.99 Å². The summed E-state index contributed by atoms with van der Waals surface area (Å²) >= 11 is 0. The van der Waals surface area contributed by atoms with Gasteiger partial charge in [0, 0.05) is 19.1 Å². The van der Waals surface area contributed by atoms with Crippen LogP contribution in [-0.4, -0.2) is 30.0 Å². The number of hydrazine groups is 1. The predicted molar refractivity (Wildman–Crippen MR) is 59.9 cm³/mol. The number of guanidine groups is 1. The van der Waals surface area contributed by atoms with Crippen LogP contribution in [-0.2, 0) is 0 Å². The van der Waals surface area contributed by atoms with E-state index in [-0.39, 0.29) is 0 Å². The molecule has 0 bridgehead atoms. The predicted octanol–water partition coefficient (Wildman–Crippen LogP) is 1.09. The molecule has 3 N–H and O–H groups in total. The summed E-state index contributed by atoms with van der Waals surface area (Å²) in [5, 5.41) is 0. The minimum atomic E-state index is 0.616. The Morgan fingerprint density at radius 1 is 1.50 bits per heavy atom. The van der Waals surface area contributed by atoms with Gasteiger partial charge in [-0.2, -0.15) is 0 Å². The molecule has 0 saturated carbocycles. The standard InChI is InChI=1S/C10H22N4/c1-3-9-7-5-6-8-14(9)10(13-11)12-4-2/h9H,3-8,11H2,1-2H3,(H,12,13). The van der Waals surface area contributed by atoms with Crippen molar-refractivity contribution in [3.8, 4) is 0 Å². The van der Waals surface area contributed by atoms with E-state index in [1.165, 1.54) is 25.7 Å². The number of aliphatic imine (C=N–C) groups is 1. The quantitative estimate of drug-likeness (QED) is 0.302. The van der Waals surface area contributed by atoms with Gasteiger partial charge in [0.05, 0.1) is 0 Å². The lowest BCUT2D eigenvalue weighted by Crippen LogP contribution is -2.51. The first-order chi connectivity index (χ1) is 6.83. The summed E-state index contributed by atoms with van der Waals surface area (Å²) in [7, 11) is 0. The van der Waals surface area contributed by atoms with E-state index in [2.05, 4.69) is 22.2 Å². The maximum absolute atomic E-state index is 5.48. The highest BCUT2D eigenvalue weighted by atomic mass is 15.4. The largest absolute Gasteiger partial charge is 0.339 e. The number of hydrogen-bond acceptors (Lipinski definition) is 2. The van der Waals surface area contributed by atoms with Gasteiger partial charge in [-0.3, -0.25) is 10.4 Å². The van der Waals surface area contributed by atoms with E-state index in [9.17, 15) is 0 Å². The number of rotatable bonds is 2. The summed E-state index contributed by atoms with van der Waals surface area (Å²) in [6, 6.07) is 0.616. The van der Waals surface area contributed by atoms with Crippen LogP contribution in [0.2, 0.25) is 0 Å². The van der Waals surface area contributed by atoms with Crippen LogP contribution in [0, 0.1) is 0 Å². The molecule has 0 amide bonds. The molecule has 1 unspecified atom stereocenters. The fourth-order valence-corrected chi connectivity index (χ4v) is 2.07. The second-order valence-corrected chi connectivity index (χ2v) is 3.69. The van der Waals surface area contributed by atoms with Crippen LogP contribution in [0.25, 0.3) is 0 Å². The smallest absolute Gasteiger partial charge is 0.208 e. The minimum Gasteiger partial charge on any atom is -0.339 e. The highest BCUT2D eigenvalue weighted by Gasteiger charge is 2.22. The highest BCUT2D eigenvalue weighted by Crippen LogP contribution is 2.19. The molecule has 4 heteroatoms. The fraction of sp³-hybridized carbons (Fsp3) is 0.900. The first-order valence-electron chi connectivity index (χ1n) is 5.61. The van der Waals surface area contributed by atoms with Crippen molar-refractivity contribution in [3.05, 3.63) is 0 Å². The molecule has 0 radical (unpaired) electrons. The van der Waals surface area contributed by atoms with Crippen molar-refractivity contribution in [2.75, 3.05) is 13.1 Å². The Morgan fingerprint density at radius 2 is 2.29 bits per heavy atom. The average Bonchev–Trinajstić information content (AvgIpc) is 2.26. The third-order valence-electron chi connectivity index (χ3n) is 2.81. The zero-order valence-corrected chi connectivity index (χ0v) is 9.29. The molecule has 0 aromatic rings. The summed E-state index contributed by atoms with van der Waals surface area (Å²) in [5.74, 6) is 6.34. The van der Waals surface area contributed by atoms with Gasteiger partial charge in [-0.05, 0) is 32.6 Å². The maximum Gasteiger partial charge on any atom is 0.208 e. The lowest BCUT2D eigenvalue weighted by atomic mass is 10.0. The first-order valence-corrected chi connectivity index (χ1v) is 5.61. The van der Waals surface area contributed by atoms with E-state index in [0.717, 1.165) is 19.0 Å². The lowest BCUT2D eigenvalue weighted by molar-refractivity contribution is 0.228. The summed E-state index contributed by atoms with van der Waals surface area (Å²) in [6.07, 6.45) is 5.02. The Morgan fingerprint density at radius 3 is 2.86 bits per heavy atom. The molecule has 0 aromatic heterocycles. The zero-order valence-electron chi connectivity index (χ0n) is 9.29. The topological polar surface area (TPSA) is 53.6 Å². The second kappa shape index (κ2) is 5.86. The van der Waals surface area contributed by atoms with Crippen LogP contribution in [0.1, 0.15) is 39.5 Å². The van der Waals surface area contributed by atoms with Gasteiger partial charge in [0.25, 0.3) is 0 Å². The highest BCUT2D eigenvalue weighted by molar-refractivity contribution is 5.79. The third-order valence-corrected chi connectivity index (χ3v) is 2.81. The number of likely N-dealkylation sites (tertiary alicyclic amines) is 1. The number of hydrogen-bond donors (Lipinski definition) is 2. The van der Waals surface area contributed by atoms with Gasteiger partial charge < -0.3 is 4.90 Å². The molecule has 1 aliphatic heterocycles. The molecule has 1 heterocycles.